The molecule has 0 atom stereocenters. The molecule has 2 aliphatic rings. The maximum Gasteiger partial charge on any atom is 0.522 e. The molecular weight excluding hydrogens is 404 g/mol. The molecule has 10 heteroatoms. The van der Waals surface area contributed by atoms with Crippen LogP contribution in [0.5, 0.6) is 0 Å². The quantitative estimate of drug-likeness (QED) is 0.773. The molecule has 1 N–H and O–H groups in total. The first-order chi connectivity index (χ1) is 12.4. The topological polar surface area (TPSA) is 52.0 Å². The van der Waals surface area contributed by atoms with Crippen LogP contribution in [-0.4, -0.2) is 27.2 Å². The van der Waals surface area contributed by atoms with Crippen LogP contribution in [0.1, 0.15) is 48.8 Å². The van der Waals surface area contributed by atoms with Crippen molar-refractivity contribution in [1.29, 1.82) is 0 Å². The van der Waals surface area contributed by atoms with Gasteiger partial charge in [-0.2, -0.15) is 0 Å². The van der Waals surface area contributed by atoms with Gasteiger partial charge in [0.1, 0.15) is 5.82 Å². The minimum atomic E-state index is -4.58. The number of nitrogens with one attached hydrogen (secondary N) is 1. The summed E-state index contributed by atoms with van der Waals surface area (Å²) in [6.07, 6.45) is -3.45. The van der Waals surface area contributed by atoms with Crippen LogP contribution in [0.4, 0.5) is 13.2 Å². The predicted octanol–water partition coefficient (Wildman–Crippen LogP) is 4.51. The number of ether oxygens (including phenoxy) is 1. The summed E-state index contributed by atoms with van der Waals surface area (Å²) < 4.78 is 43.4. The molecule has 148 valence electrons. The zero-order valence-corrected chi connectivity index (χ0v) is 15.9. The van der Waals surface area contributed by atoms with Crippen molar-refractivity contribution in [3.05, 3.63) is 40.4 Å². The van der Waals surface area contributed by atoms with Crippen LogP contribution in [-0.2, 0) is 17.8 Å². The van der Waals surface area contributed by atoms with Gasteiger partial charge in [0.05, 0.1) is 18.3 Å². The Kier molecular flexibility index (Phi) is 6.00. The monoisotopic (exact) mass is 422 g/mol. The smallest absolute Gasteiger partial charge is 0.306 e. The highest BCUT2D eigenvalue weighted by Gasteiger charge is 2.36. The van der Waals surface area contributed by atoms with E-state index in [1.807, 2.05) is 22.8 Å². The number of rotatable bonds is 2. The first-order valence-electron chi connectivity index (χ1n) is 8.59. The van der Waals surface area contributed by atoms with Gasteiger partial charge in [0.15, 0.2) is 5.82 Å². The Bertz CT molecular complexity index is 804. The lowest BCUT2D eigenvalue weighted by atomic mass is 9.86. The Labute approximate surface area is 165 Å². The molecule has 0 unspecified atom stereocenters. The molecule has 4 rings (SSSR count). The van der Waals surface area contributed by atoms with Crippen molar-refractivity contribution in [1.82, 2.24) is 20.1 Å². The van der Waals surface area contributed by atoms with Gasteiger partial charge in [-0.05, 0) is 49.4 Å². The molecule has 0 bridgehead atoms. The van der Waals surface area contributed by atoms with Crippen molar-refractivity contribution in [2.75, 3.05) is 0 Å². The van der Waals surface area contributed by atoms with Gasteiger partial charge in [-0.15, -0.1) is 35.8 Å². The van der Waals surface area contributed by atoms with E-state index in [0.29, 0.717) is 43.8 Å². The van der Waals surface area contributed by atoms with Gasteiger partial charge in [-0.1, -0.05) is 11.6 Å². The Hall–Kier alpha value is -1.35. The lowest BCUT2D eigenvalue weighted by Crippen LogP contribution is -2.28. The summed E-state index contributed by atoms with van der Waals surface area (Å²) in [5, 5.41) is 12.6. The number of halogens is 5. The third kappa shape index (κ3) is 4.39. The highest BCUT2D eigenvalue weighted by atomic mass is 35.5. The van der Waals surface area contributed by atoms with Crippen LogP contribution >= 0.6 is 24.0 Å². The number of hydrogen-bond donors (Lipinski definition) is 1. The van der Waals surface area contributed by atoms with E-state index in [4.69, 9.17) is 11.6 Å². The number of aromatic nitrogens is 3. The van der Waals surface area contributed by atoms with E-state index in [0.717, 1.165) is 22.9 Å². The molecule has 1 fully saturated rings. The number of hydrogen-bond acceptors (Lipinski definition) is 4. The maximum absolute atomic E-state index is 12.4. The molecule has 0 amide bonds. The normalized spacial score (nSPS) is 22.4. The first kappa shape index (κ1) is 20.4. The number of benzene rings is 1. The highest BCUT2D eigenvalue weighted by molar-refractivity contribution is 6.30. The summed E-state index contributed by atoms with van der Waals surface area (Å²) in [6.45, 7) is 1.25. The summed E-state index contributed by atoms with van der Waals surface area (Å²) in [7, 11) is 0. The molecule has 0 spiro atoms. The zero-order chi connectivity index (χ0) is 18.3. The summed E-state index contributed by atoms with van der Waals surface area (Å²) in [5.74, 6) is 1.67. The molecule has 1 aromatic carbocycles. The molecule has 27 heavy (non-hydrogen) atoms. The van der Waals surface area contributed by atoms with Crippen LogP contribution in [0.25, 0.3) is 5.69 Å². The van der Waals surface area contributed by atoms with Crippen molar-refractivity contribution in [2.45, 2.75) is 57.2 Å². The van der Waals surface area contributed by atoms with Crippen LogP contribution in [0.2, 0.25) is 5.02 Å². The van der Waals surface area contributed by atoms with E-state index >= 15 is 0 Å². The molecule has 2 aromatic rings. The van der Waals surface area contributed by atoms with E-state index < -0.39 is 12.5 Å². The average molecular weight is 423 g/mol. The summed E-state index contributed by atoms with van der Waals surface area (Å²) in [4.78, 5) is 0. The van der Waals surface area contributed by atoms with E-state index in [1.165, 1.54) is 0 Å². The van der Waals surface area contributed by atoms with Crippen molar-refractivity contribution < 1.29 is 17.9 Å². The Balaban J connectivity index is 0.00000210. The van der Waals surface area contributed by atoms with E-state index in [2.05, 4.69) is 20.3 Å². The molecule has 1 aliphatic carbocycles. The van der Waals surface area contributed by atoms with E-state index in [9.17, 15) is 13.2 Å². The second-order valence-electron chi connectivity index (χ2n) is 6.72. The fourth-order valence-corrected chi connectivity index (χ4v) is 4.02. The molecule has 1 aromatic heterocycles. The largest absolute Gasteiger partial charge is 0.522 e. The Morgan fingerprint density at radius 1 is 1.11 bits per heavy atom. The molecule has 5 nitrogen and oxygen atoms in total. The average Bonchev–Trinajstić information content (AvgIpc) is 2.90. The molecule has 2 heterocycles. The maximum atomic E-state index is 12.4. The second-order valence-corrected chi connectivity index (χ2v) is 7.16. The summed E-state index contributed by atoms with van der Waals surface area (Å²) >= 11 is 6.11. The van der Waals surface area contributed by atoms with Gasteiger partial charge in [0, 0.05) is 17.5 Å². The fraction of sp³-hybridized carbons (Fsp3) is 0.529. The predicted molar refractivity (Wildman–Crippen MR) is 96.3 cm³/mol. The molecule has 1 saturated carbocycles. The highest BCUT2D eigenvalue weighted by Crippen LogP contribution is 2.37. The minimum absolute atomic E-state index is 0. The van der Waals surface area contributed by atoms with E-state index in [-0.39, 0.29) is 18.3 Å². The second kappa shape index (κ2) is 7.95. The van der Waals surface area contributed by atoms with Gasteiger partial charge >= 0.3 is 6.36 Å². The third-order valence-electron chi connectivity index (χ3n) is 4.98. The van der Waals surface area contributed by atoms with Crippen molar-refractivity contribution >= 4 is 24.0 Å². The molecule has 0 radical (unpaired) electrons. The molecule has 0 saturated heterocycles. The fourth-order valence-electron chi connectivity index (χ4n) is 3.82. The van der Waals surface area contributed by atoms with E-state index in [1.54, 1.807) is 0 Å². The number of nitrogens with zero attached hydrogens (tertiary/aromatic N) is 3. The summed E-state index contributed by atoms with van der Waals surface area (Å²) in [5.41, 5.74) is 2.02. The van der Waals surface area contributed by atoms with Crippen molar-refractivity contribution in [3.63, 3.8) is 0 Å². The zero-order valence-electron chi connectivity index (χ0n) is 14.3. The van der Waals surface area contributed by atoms with Gasteiger partial charge in [-0.3, -0.25) is 9.30 Å². The molecular formula is C17H19Cl2F3N4O. The number of alkyl halides is 3. The Morgan fingerprint density at radius 2 is 1.85 bits per heavy atom. The van der Waals surface area contributed by atoms with Crippen molar-refractivity contribution in [3.8, 4) is 5.69 Å². The Morgan fingerprint density at radius 3 is 2.56 bits per heavy atom. The standard InChI is InChI=1S/C17H18ClF3N4O.ClH/c18-12-3-6-14-11(7-12)8-22-9-15-23-24-16(25(14)15)10-1-4-13(5-2-10)26-17(19,20)21;/h3,6-7,10,13,22H,1-2,4-5,8-9H2;1H. The first-order valence-corrected chi connectivity index (χ1v) is 8.97. The van der Waals surface area contributed by atoms with Crippen molar-refractivity contribution in [2.24, 2.45) is 0 Å². The van der Waals surface area contributed by atoms with Gasteiger partial charge in [-0.25, -0.2) is 0 Å². The lowest BCUT2D eigenvalue weighted by molar-refractivity contribution is -0.345. The summed E-state index contributed by atoms with van der Waals surface area (Å²) in [6, 6.07) is 5.68. The van der Waals surface area contributed by atoms with Crippen LogP contribution < -0.4 is 5.32 Å². The lowest BCUT2D eigenvalue weighted by Gasteiger charge is -2.28. The third-order valence-corrected chi connectivity index (χ3v) is 5.21. The van der Waals surface area contributed by atoms with Crippen LogP contribution in [0.3, 0.4) is 0 Å². The molecule has 1 aliphatic heterocycles. The van der Waals surface area contributed by atoms with Crippen LogP contribution in [0.15, 0.2) is 18.2 Å². The SMILES string of the molecule is Cl.FC(F)(F)OC1CCC(c2nnc3n2-c2ccc(Cl)cc2CNC3)CC1. The minimum Gasteiger partial charge on any atom is -0.306 e. The van der Waals surface area contributed by atoms with Gasteiger partial charge in [0.25, 0.3) is 0 Å². The van der Waals surface area contributed by atoms with Crippen LogP contribution in [0, 0.1) is 0 Å². The van der Waals surface area contributed by atoms with Gasteiger partial charge < -0.3 is 5.32 Å². The number of fused-ring (bicyclic) bond motifs is 3. The van der Waals surface area contributed by atoms with Gasteiger partial charge in [0.2, 0.25) is 0 Å².